The van der Waals surface area contributed by atoms with E-state index in [-0.39, 0.29) is 0 Å². The summed E-state index contributed by atoms with van der Waals surface area (Å²) in [7, 11) is 1.61. The van der Waals surface area contributed by atoms with Gasteiger partial charge in [-0.05, 0) is 37.0 Å². The van der Waals surface area contributed by atoms with Crippen molar-refractivity contribution in [2.75, 3.05) is 32.2 Å². The van der Waals surface area contributed by atoms with Gasteiger partial charge in [-0.2, -0.15) is 0 Å². The van der Waals surface area contributed by atoms with Gasteiger partial charge in [-0.15, -0.1) is 0 Å². The zero-order valence-electron chi connectivity index (χ0n) is 10.6. The van der Waals surface area contributed by atoms with Crippen LogP contribution >= 0.6 is 0 Å². The molecular weight excluding hydrogens is 230 g/mol. The summed E-state index contributed by atoms with van der Waals surface area (Å²) in [5, 5.41) is 3.39. The first-order chi connectivity index (χ1) is 8.83. The summed E-state index contributed by atoms with van der Waals surface area (Å²) in [6, 6.07) is 5.43. The average molecular weight is 249 g/mol. The summed E-state index contributed by atoms with van der Waals surface area (Å²) < 4.78 is 10.6. The van der Waals surface area contributed by atoms with Crippen LogP contribution in [0.1, 0.15) is 23.2 Å². The minimum atomic E-state index is 0.628. The van der Waals surface area contributed by atoms with Gasteiger partial charge in [-0.1, -0.05) is 0 Å². The van der Waals surface area contributed by atoms with Crippen LogP contribution in [-0.2, 0) is 4.74 Å². The van der Waals surface area contributed by atoms with Crippen LogP contribution in [0.4, 0.5) is 5.69 Å². The van der Waals surface area contributed by atoms with Gasteiger partial charge in [0.2, 0.25) is 0 Å². The number of methoxy groups -OCH3 is 1. The first-order valence-electron chi connectivity index (χ1n) is 6.28. The van der Waals surface area contributed by atoms with Crippen molar-refractivity contribution < 1.29 is 14.3 Å². The highest BCUT2D eigenvalue weighted by atomic mass is 16.5. The third-order valence-corrected chi connectivity index (χ3v) is 3.28. The Morgan fingerprint density at radius 2 is 2.22 bits per heavy atom. The monoisotopic (exact) mass is 249 g/mol. The van der Waals surface area contributed by atoms with Gasteiger partial charge in [0.1, 0.15) is 12.0 Å². The molecule has 0 aromatic heterocycles. The average Bonchev–Trinajstić information content (AvgIpc) is 2.46. The molecule has 0 spiro atoms. The fourth-order valence-corrected chi connectivity index (χ4v) is 2.13. The molecule has 1 fully saturated rings. The minimum absolute atomic E-state index is 0.628. The maximum Gasteiger partial charge on any atom is 0.150 e. The molecule has 98 valence electrons. The van der Waals surface area contributed by atoms with Crippen molar-refractivity contribution in [3.8, 4) is 5.75 Å². The second kappa shape index (κ2) is 6.40. The van der Waals surface area contributed by atoms with E-state index in [4.69, 9.17) is 9.47 Å². The third-order valence-electron chi connectivity index (χ3n) is 3.28. The van der Waals surface area contributed by atoms with Crippen LogP contribution in [0.3, 0.4) is 0 Å². The molecule has 1 saturated heterocycles. The minimum Gasteiger partial charge on any atom is -0.495 e. The topological polar surface area (TPSA) is 47.6 Å². The molecule has 4 nitrogen and oxygen atoms in total. The molecule has 0 amide bonds. The van der Waals surface area contributed by atoms with Crippen molar-refractivity contribution >= 4 is 12.0 Å². The van der Waals surface area contributed by atoms with E-state index in [0.29, 0.717) is 17.2 Å². The molecule has 1 aromatic rings. The van der Waals surface area contributed by atoms with Gasteiger partial charge >= 0.3 is 0 Å². The largest absolute Gasteiger partial charge is 0.495 e. The Morgan fingerprint density at radius 3 is 2.89 bits per heavy atom. The summed E-state index contributed by atoms with van der Waals surface area (Å²) in [5.41, 5.74) is 1.57. The van der Waals surface area contributed by atoms with Crippen LogP contribution in [0.5, 0.6) is 5.75 Å². The summed E-state index contributed by atoms with van der Waals surface area (Å²) in [6.45, 7) is 2.63. The molecule has 0 radical (unpaired) electrons. The van der Waals surface area contributed by atoms with Gasteiger partial charge in [0.15, 0.2) is 0 Å². The highest BCUT2D eigenvalue weighted by Gasteiger charge is 2.14. The van der Waals surface area contributed by atoms with E-state index in [2.05, 4.69) is 5.32 Å². The van der Waals surface area contributed by atoms with Gasteiger partial charge < -0.3 is 14.8 Å². The zero-order chi connectivity index (χ0) is 12.8. The van der Waals surface area contributed by atoms with Gasteiger partial charge in [0.25, 0.3) is 0 Å². The van der Waals surface area contributed by atoms with Crippen molar-refractivity contribution in [2.24, 2.45) is 5.92 Å². The van der Waals surface area contributed by atoms with Gasteiger partial charge in [-0.3, -0.25) is 4.79 Å². The Labute approximate surface area is 107 Å². The Kier molecular flexibility index (Phi) is 4.59. The molecule has 1 aliphatic heterocycles. The number of carbonyl (C=O) groups excluding carboxylic acids is 1. The smallest absolute Gasteiger partial charge is 0.150 e. The normalized spacial score (nSPS) is 16.3. The number of nitrogens with one attached hydrogen (secondary N) is 1. The fourth-order valence-electron chi connectivity index (χ4n) is 2.13. The number of hydrogen-bond acceptors (Lipinski definition) is 4. The number of carbonyl (C=O) groups is 1. The van der Waals surface area contributed by atoms with Crippen LogP contribution in [0.15, 0.2) is 18.2 Å². The van der Waals surface area contributed by atoms with E-state index >= 15 is 0 Å². The van der Waals surface area contributed by atoms with E-state index in [9.17, 15) is 4.79 Å². The third kappa shape index (κ3) is 3.23. The van der Waals surface area contributed by atoms with E-state index in [1.807, 2.05) is 6.07 Å². The van der Waals surface area contributed by atoms with Gasteiger partial charge in [-0.25, -0.2) is 0 Å². The molecule has 0 aliphatic carbocycles. The van der Waals surface area contributed by atoms with E-state index in [0.717, 1.165) is 44.6 Å². The standard InChI is InChI=1S/C14H19NO3/c1-17-14-8-12(10-16)2-3-13(14)15-9-11-4-6-18-7-5-11/h2-3,8,10-11,15H,4-7,9H2,1H3. The summed E-state index contributed by atoms with van der Waals surface area (Å²) in [4.78, 5) is 10.7. The van der Waals surface area contributed by atoms with Crippen molar-refractivity contribution in [1.82, 2.24) is 0 Å². The lowest BCUT2D eigenvalue weighted by Gasteiger charge is -2.23. The maximum atomic E-state index is 10.7. The Bertz CT molecular complexity index is 400. The number of anilines is 1. The lowest BCUT2D eigenvalue weighted by molar-refractivity contribution is 0.0699. The van der Waals surface area contributed by atoms with E-state index < -0.39 is 0 Å². The van der Waals surface area contributed by atoms with Crippen molar-refractivity contribution in [1.29, 1.82) is 0 Å². The number of ether oxygens (including phenoxy) is 2. The molecule has 1 aromatic carbocycles. The highest BCUT2D eigenvalue weighted by molar-refractivity contribution is 5.78. The molecule has 1 aliphatic rings. The van der Waals surface area contributed by atoms with Crippen LogP contribution in [0, 0.1) is 5.92 Å². The maximum absolute atomic E-state index is 10.7. The molecule has 2 rings (SSSR count). The number of benzene rings is 1. The SMILES string of the molecule is COc1cc(C=O)ccc1NCC1CCOCC1. The van der Waals surface area contributed by atoms with Crippen LogP contribution < -0.4 is 10.1 Å². The molecule has 1 N–H and O–H groups in total. The fraction of sp³-hybridized carbons (Fsp3) is 0.500. The molecule has 1 heterocycles. The molecular formula is C14H19NO3. The lowest BCUT2D eigenvalue weighted by atomic mass is 10.0. The predicted molar refractivity (Wildman–Crippen MR) is 70.4 cm³/mol. The Balaban J connectivity index is 1.97. The van der Waals surface area contributed by atoms with Gasteiger partial charge in [0.05, 0.1) is 12.8 Å². The molecule has 18 heavy (non-hydrogen) atoms. The Morgan fingerprint density at radius 1 is 1.44 bits per heavy atom. The van der Waals surface area contributed by atoms with Gasteiger partial charge in [0, 0.05) is 25.3 Å². The van der Waals surface area contributed by atoms with Crippen molar-refractivity contribution in [3.05, 3.63) is 23.8 Å². The summed E-state index contributed by atoms with van der Waals surface area (Å²) in [5.74, 6) is 1.36. The van der Waals surface area contributed by atoms with E-state index in [1.54, 1.807) is 19.2 Å². The molecule has 0 atom stereocenters. The van der Waals surface area contributed by atoms with Crippen LogP contribution in [0.25, 0.3) is 0 Å². The second-order valence-electron chi connectivity index (χ2n) is 4.51. The first-order valence-corrected chi connectivity index (χ1v) is 6.28. The quantitative estimate of drug-likeness (QED) is 0.814. The number of aldehydes is 1. The second-order valence-corrected chi connectivity index (χ2v) is 4.51. The van der Waals surface area contributed by atoms with Crippen LogP contribution in [0.2, 0.25) is 0 Å². The molecule has 0 bridgehead atoms. The van der Waals surface area contributed by atoms with Crippen LogP contribution in [-0.4, -0.2) is 33.2 Å². The summed E-state index contributed by atoms with van der Waals surface area (Å²) >= 11 is 0. The first kappa shape index (κ1) is 12.9. The number of hydrogen-bond donors (Lipinski definition) is 1. The summed E-state index contributed by atoms with van der Waals surface area (Å²) in [6.07, 6.45) is 3.02. The predicted octanol–water partition coefficient (Wildman–Crippen LogP) is 2.35. The molecule has 0 unspecified atom stereocenters. The lowest BCUT2D eigenvalue weighted by Crippen LogP contribution is -2.22. The van der Waals surface area contributed by atoms with Crippen molar-refractivity contribution in [2.45, 2.75) is 12.8 Å². The Hall–Kier alpha value is -1.55. The molecule has 0 saturated carbocycles. The van der Waals surface area contributed by atoms with E-state index in [1.165, 1.54) is 0 Å². The number of rotatable bonds is 5. The molecule has 4 heteroatoms. The zero-order valence-corrected chi connectivity index (χ0v) is 10.6. The van der Waals surface area contributed by atoms with Crippen molar-refractivity contribution in [3.63, 3.8) is 0 Å². The highest BCUT2D eigenvalue weighted by Crippen LogP contribution is 2.26.